The second-order valence-electron chi connectivity index (χ2n) is 5.32. The first-order valence-corrected chi connectivity index (χ1v) is 6.94. The molecule has 2 rings (SSSR count). The maximum absolute atomic E-state index is 11.8. The molecular weight excluding hydrogens is 240 g/mol. The lowest BCUT2D eigenvalue weighted by molar-refractivity contribution is 0.0765. The highest BCUT2D eigenvalue weighted by Gasteiger charge is 2.21. The summed E-state index contributed by atoms with van der Waals surface area (Å²) in [5, 5.41) is 2.76. The Labute approximate surface area is 114 Å². The Kier molecular flexibility index (Phi) is 4.80. The van der Waals surface area contributed by atoms with Gasteiger partial charge in [-0.1, -0.05) is 19.1 Å². The Balaban J connectivity index is 1.83. The molecule has 0 spiro atoms. The summed E-state index contributed by atoms with van der Waals surface area (Å²) in [6, 6.07) is 7.51. The Morgan fingerprint density at radius 2 is 2.11 bits per heavy atom. The van der Waals surface area contributed by atoms with E-state index in [4.69, 9.17) is 10.5 Å². The average molecular weight is 262 g/mol. The molecule has 0 aliphatic heterocycles. The summed E-state index contributed by atoms with van der Waals surface area (Å²) < 4.78 is 5.44. The quantitative estimate of drug-likeness (QED) is 0.878. The third-order valence-corrected chi connectivity index (χ3v) is 3.65. The third-order valence-electron chi connectivity index (χ3n) is 3.65. The van der Waals surface area contributed by atoms with Crippen LogP contribution in [0.1, 0.15) is 38.2 Å². The van der Waals surface area contributed by atoms with Gasteiger partial charge >= 0.3 is 6.09 Å². The standard InChI is InChI=1S/C15H22N2O2/c1-11-5-7-14(8-6-11)19-15(18)17-13-4-2-3-12(9-13)10-16/h2-4,9,11,14H,5-8,10,16H2,1H3,(H,17,18). The van der Waals surface area contributed by atoms with Crippen molar-refractivity contribution in [1.82, 2.24) is 0 Å². The number of benzene rings is 1. The van der Waals surface area contributed by atoms with E-state index in [0.29, 0.717) is 6.54 Å². The number of nitrogens with two attached hydrogens (primary N) is 1. The summed E-state index contributed by atoms with van der Waals surface area (Å²) in [5.74, 6) is 0.754. The largest absolute Gasteiger partial charge is 0.446 e. The van der Waals surface area contributed by atoms with E-state index < -0.39 is 0 Å². The Morgan fingerprint density at radius 3 is 2.79 bits per heavy atom. The van der Waals surface area contributed by atoms with Crippen LogP contribution in [0.3, 0.4) is 0 Å². The molecular formula is C15H22N2O2. The third kappa shape index (κ3) is 4.24. The van der Waals surface area contributed by atoms with Crippen LogP contribution in [-0.2, 0) is 11.3 Å². The van der Waals surface area contributed by atoms with Gasteiger partial charge in [-0.05, 0) is 49.3 Å². The van der Waals surface area contributed by atoms with E-state index in [1.807, 2.05) is 24.3 Å². The lowest BCUT2D eigenvalue weighted by Gasteiger charge is -2.25. The minimum absolute atomic E-state index is 0.0638. The summed E-state index contributed by atoms with van der Waals surface area (Å²) in [6.07, 6.45) is 3.92. The topological polar surface area (TPSA) is 64.3 Å². The summed E-state index contributed by atoms with van der Waals surface area (Å²) >= 11 is 0. The van der Waals surface area contributed by atoms with Gasteiger partial charge in [-0.2, -0.15) is 0 Å². The maximum atomic E-state index is 11.8. The zero-order valence-corrected chi connectivity index (χ0v) is 11.4. The fourth-order valence-electron chi connectivity index (χ4n) is 2.42. The Morgan fingerprint density at radius 1 is 1.37 bits per heavy atom. The zero-order valence-electron chi connectivity index (χ0n) is 11.4. The van der Waals surface area contributed by atoms with Crippen molar-refractivity contribution in [3.63, 3.8) is 0 Å². The van der Waals surface area contributed by atoms with Crippen molar-refractivity contribution >= 4 is 11.8 Å². The molecule has 1 fully saturated rings. The number of carbonyl (C=O) groups is 1. The van der Waals surface area contributed by atoms with Crippen molar-refractivity contribution in [2.75, 3.05) is 5.32 Å². The summed E-state index contributed by atoms with van der Waals surface area (Å²) in [6.45, 7) is 2.71. The van der Waals surface area contributed by atoms with Gasteiger partial charge in [0.05, 0.1) is 0 Å². The van der Waals surface area contributed by atoms with E-state index in [0.717, 1.165) is 42.9 Å². The molecule has 4 nitrogen and oxygen atoms in total. The first-order chi connectivity index (χ1) is 9.17. The zero-order chi connectivity index (χ0) is 13.7. The van der Waals surface area contributed by atoms with Gasteiger partial charge in [0.15, 0.2) is 0 Å². The van der Waals surface area contributed by atoms with Crippen LogP contribution in [0.15, 0.2) is 24.3 Å². The average Bonchev–Trinajstić information content (AvgIpc) is 2.41. The molecule has 4 heteroatoms. The molecule has 0 heterocycles. The highest BCUT2D eigenvalue weighted by molar-refractivity contribution is 5.84. The molecule has 19 heavy (non-hydrogen) atoms. The fraction of sp³-hybridized carbons (Fsp3) is 0.533. The van der Waals surface area contributed by atoms with Crippen LogP contribution in [0.4, 0.5) is 10.5 Å². The smallest absolute Gasteiger partial charge is 0.411 e. The number of ether oxygens (including phenoxy) is 1. The van der Waals surface area contributed by atoms with Crippen LogP contribution in [0.25, 0.3) is 0 Å². The molecule has 1 aliphatic rings. The summed E-state index contributed by atoms with van der Waals surface area (Å²) in [7, 11) is 0. The van der Waals surface area contributed by atoms with Crippen LogP contribution in [0.2, 0.25) is 0 Å². The number of nitrogens with one attached hydrogen (secondary N) is 1. The van der Waals surface area contributed by atoms with Crippen molar-refractivity contribution in [1.29, 1.82) is 0 Å². The molecule has 0 saturated heterocycles. The molecule has 1 aliphatic carbocycles. The molecule has 0 aromatic heterocycles. The number of carbonyl (C=O) groups excluding carboxylic acids is 1. The number of hydrogen-bond acceptors (Lipinski definition) is 3. The maximum Gasteiger partial charge on any atom is 0.411 e. The van der Waals surface area contributed by atoms with Crippen LogP contribution < -0.4 is 11.1 Å². The highest BCUT2D eigenvalue weighted by Crippen LogP contribution is 2.25. The van der Waals surface area contributed by atoms with Crippen molar-refractivity contribution in [2.24, 2.45) is 11.7 Å². The van der Waals surface area contributed by atoms with Gasteiger partial charge in [0.1, 0.15) is 6.10 Å². The fourth-order valence-corrected chi connectivity index (χ4v) is 2.42. The molecule has 0 unspecified atom stereocenters. The van der Waals surface area contributed by atoms with E-state index in [1.54, 1.807) is 0 Å². The number of amides is 1. The second-order valence-corrected chi connectivity index (χ2v) is 5.32. The molecule has 1 aromatic rings. The summed E-state index contributed by atoms with van der Waals surface area (Å²) in [5.41, 5.74) is 7.29. The van der Waals surface area contributed by atoms with E-state index in [9.17, 15) is 4.79 Å². The van der Waals surface area contributed by atoms with Crippen LogP contribution in [0.5, 0.6) is 0 Å². The SMILES string of the molecule is CC1CCC(OC(=O)Nc2cccc(CN)c2)CC1. The van der Waals surface area contributed by atoms with E-state index in [-0.39, 0.29) is 12.2 Å². The minimum atomic E-state index is -0.367. The monoisotopic (exact) mass is 262 g/mol. The molecule has 0 atom stereocenters. The van der Waals surface area contributed by atoms with Crippen LogP contribution in [0, 0.1) is 5.92 Å². The van der Waals surface area contributed by atoms with Gasteiger partial charge in [0.25, 0.3) is 0 Å². The van der Waals surface area contributed by atoms with Crippen LogP contribution in [-0.4, -0.2) is 12.2 Å². The molecule has 3 N–H and O–H groups in total. The molecule has 1 saturated carbocycles. The van der Waals surface area contributed by atoms with Gasteiger partial charge in [0, 0.05) is 12.2 Å². The second kappa shape index (κ2) is 6.57. The normalized spacial score (nSPS) is 22.8. The van der Waals surface area contributed by atoms with E-state index in [1.165, 1.54) is 0 Å². The van der Waals surface area contributed by atoms with Crippen LogP contribution >= 0.6 is 0 Å². The van der Waals surface area contributed by atoms with E-state index in [2.05, 4.69) is 12.2 Å². The van der Waals surface area contributed by atoms with Gasteiger partial charge in [-0.3, -0.25) is 5.32 Å². The lowest BCUT2D eigenvalue weighted by Crippen LogP contribution is -2.26. The number of anilines is 1. The van der Waals surface area contributed by atoms with Crippen molar-refractivity contribution in [2.45, 2.75) is 45.3 Å². The minimum Gasteiger partial charge on any atom is -0.446 e. The molecule has 104 valence electrons. The number of rotatable bonds is 3. The predicted molar refractivity (Wildman–Crippen MR) is 75.9 cm³/mol. The van der Waals surface area contributed by atoms with Gasteiger partial charge in [0.2, 0.25) is 0 Å². The van der Waals surface area contributed by atoms with Gasteiger partial charge in [-0.15, -0.1) is 0 Å². The van der Waals surface area contributed by atoms with Crippen molar-refractivity contribution < 1.29 is 9.53 Å². The van der Waals surface area contributed by atoms with Crippen molar-refractivity contribution in [3.8, 4) is 0 Å². The summed E-state index contributed by atoms with van der Waals surface area (Å²) in [4.78, 5) is 11.8. The molecule has 1 amide bonds. The molecule has 1 aromatic carbocycles. The highest BCUT2D eigenvalue weighted by atomic mass is 16.6. The van der Waals surface area contributed by atoms with Crippen molar-refractivity contribution in [3.05, 3.63) is 29.8 Å². The van der Waals surface area contributed by atoms with Gasteiger partial charge < -0.3 is 10.5 Å². The molecule has 0 bridgehead atoms. The first kappa shape index (κ1) is 13.9. The Bertz CT molecular complexity index is 426. The predicted octanol–water partition coefficient (Wildman–Crippen LogP) is 3.27. The lowest BCUT2D eigenvalue weighted by atomic mass is 9.89. The first-order valence-electron chi connectivity index (χ1n) is 6.94. The molecule has 0 radical (unpaired) electrons. The Hall–Kier alpha value is -1.55. The number of hydrogen-bond donors (Lipinski definition) is 2. The van der Waals surface area contributed by atoms with Gasteiger partial charge in [-0.25, -0.2) is 4.79 Å². The van der Waals surface area contributed by atoms with E-state index >= 15 is 0 Å².